The van der Waals surface area contributed by atoms with Crippen LogP contribution < -0.4 is 0 Å². The van der Waals surface area contributed by atoms with Gasteiger partial charge in [0.2, 0.25) is 0 Å². The van der Waals surface area contributed by atoms with Gasteiger partial charge < -0.3 is 33.8 Å². The molecule has 4 unspecified atom stereocenters. The average molecular weight is 1330 g/mol. The lowest BCUT2D eigenvalue weighted by Gasteiger charge is -2.21. The number of rotatable bonds is 68. The molecule has 17 nitrogen and oxygen atoms in total. The van der Waals surface area contributed by atoms with Crippen molar-refractivity contribution in [1.82, 2.24) is 0 Å². The molecule has 0 radical (unpaired) electrons. The summed E-state index contributed by atoms with van der Waals surface area (Å²) in [6.45, 7) is 14.1. The fourth-order valence-electron chi connectivity index (χ4n) is 10.6. The maximum Gasteiger partial charge on any atom is 0.472 e. The first-order chi connectivity index (χ1) is 43.1. The van der Waals surface area contributed by atoms with Gasteiger partial charge in [-0.1, -0.05) is 299 Å². The second-order valence-electron chi connectivity index (χ2n) is 27.3. The maximum atomic E-state index is 13.0. The van der Waals surface area contributed by atoms with Crippen molar-refractivity contribution in [1.29, 1.82) is 0 Å². The largest absolute Gasteiger partial charge is 0.472 e. The molecule has 0 spiro atoms. The molecule has 0 aromatic carbocycles. The molecular formula is C71H138O17P2. The highest BCUT2D eigenvalue weighted by atomic mass is 31.2. The van der Waals surface area contributed by atoms with Crippen molar-refractivity contribution in [2.45, 2.75) is 369 Å². The quantitative estimate of drug-likeness (QED) is 0.0222. The van der Waals surface area contributed by atoms with Crippen molar-refractivity contribution in [2.24, 2.45) is 23.7 Å². The third-order valence-corrected chi connectivity index (χ3v) is 18.6. The summed E-state index contributed by atoms with van der Waals surface area (Å²) in [6.07, 6.45) is 43.2. The van der Waals surface area contributed by atoms with E-state index in [1.54, 1.807) is 0 Å². The van der Waals surface area contributed by atoms with Crippen molar-refractivity contribution in [3.8, 4) is 0 Å². The van der Waals surface area contributed by atoms with Gasteiger partial charge in [-0.15, -0.1) is 0 Å². The van der Waals surface area contributed by atoms with Crippen molar-refractivity contribution < 1.29 is 80.2 Å². The number of unbranched alkanes of at least 4 members (excludes halogenated alkanes) is 33. The Bertz CT molecular complexity index is 1780. The summed E-state index contributed by atoms with van der Waals surface area (Å²) in [4.78, 5) is 72.6. The number of aliphatic hydroxyl groups excluding tert-OH is 1. The van der Waals surface area contributed by atoms with Gasteiger partial charge in [0.15, 0.2) is 12.2 Å². The Labute approximate surface area is 549 Å². The Kier molecular flexibility index (Phi) is 59.4. The number of hydrogen-bond donors (Lipinski definition) is 3. The zero-order chi connectivity index (χ0) is 66.8. The van der Waals surface area contributed by atoms with Gasteiger partial charge >= 0.3 is 39.5 Å². The molecule has 3 N–H and O–H groups in total. The van der Waals surface area contributed by atoms with E-state index in [1.807, 2.05) is 0 Å². The van der Waals surface area contributed by atoms with Crippen LogP contribution in [0.25, 0.3) is 0 Å². The number of ether oxygens (including phenoxy) is 4. The van der Waals surface area contributed by atoms with Crippen LogP contribution in [0, 0.1) is 23.7 Å². The van der Waals surface area contributed by atoms with E-state index >= 15 is 0 Å². The topological polar surface area (TPSA) is 237 Å². The molecule has 90 heavy (non-hydrogen) atoms. The summed E-state index contributed by atoms with van der Waals surface area (Å²) < 4.78 is 68.3. The van der Waals surface area contributed by atoms with Gasteiger partial charge in [0, 0.05) is 25.7 Å². The van der Waals surface area contributed by atoms with Crippen LogP contribution in [0.5, 0.6) is 0 Å². The van der Waals surface area contributed by atoms with Crippen LogP contribution in [0.2, 0.25) is 0 Å². The lowest BCUT2D eigenvalue weighted by atomic mass is 10.00. The molecule has 534 valence electrons. The maximum absolute atomic E-state index is 13.0. The smallest absolute Gasteiger partial charge is 0.462 e. The van der Waals surface area contributed by atoms with Gasteiger partial charge in [-0.25, -0.2) is 9.13 Å². The predicted molar refractivity (Wildman–Crippen MR) is 363 cm³/mol. The van der Waals surface area contributed by atoms with Gasteiger partial charge in [0.05, 0.1) is 26.4 Å². The lowest BCUT2D eigenvalue weighted by Crippen LogP contribution is -2.30. The minimum atomic E-state index is -4.95. The minimum Gasteiger partial charge on any atom is -0.462 e. The highest BCUT2D eigenvalue weighted by Crippen LogP contribution is 2.45. The fraction of sp³-hybridized carbons (Fsp3) is 0.944. The number of phosphoric ester groups is 2. The molecule has 0 aliphatic heterocycles. The Morgan fingerprint density at radius 1 is 0.311 bits per heavy atom. The van der Waals surface area contributed by atoms with Gasteiger partial charge in [-0.3, -0.25) is 37.3 Å². The summed E-state index contributed by atoms with van der Waals surface area (Å²) >= 11 is 0. The molecule has 0 rings (SSSR count). The molecule has 0 saturated carbocycles. The Hall–Kier alpha value is -1.94. The molecule has 0 aliphatic carbocycles. The van der Waals surface area contributed by atoms with Crippen LogP contribution in [-0.2, 0) is 65.4 Å². The zero-order valence-electron chi connectivity index (χ0n) is 58.8. The van der Waals surface area contributed by atoms with Crippen LogP contribution in [-0.4, -0.2) is 96.7 Å². The summed E-state index contributed by atoms with van der Waals surface area (Å²) in [5.41, 5.74) is 0. The summed E-state index contributed by atoms with van der Waals surface area (Å²) in [5.74, 6) is 0.854. The van der Waals surface area contributed by atoms with Crippen LogP contribution in [0.4, 0.5) is 0 Å². The molecule has 0 heterocycles. The molecule has 0 aliphatic rings. The van der Waals surface area contributed by atoms with Gasteiger partial charge in [-0.2, -0.15) is 0 Å². The molecule has 0 fully saturated rings. The Morgan fingerprint density at radius 2 is 0.533 bits per heavy atom. The first-order valence-corrected chi connectivity index (χ1v) is 39.7. The van der Waals surface area contributed by atoms with E-state index in [1.165, 1.54) is 154 Å². The lowest BCUT2D eigenvalue weighted by molar-refractivity contribution is -0.161. The second-order valence-corrected chi connectivity index (χ2v) is 30.2. The third kappa shape index (κ3) is 63.5. The fourth-order valence-corrected chi connectivity index (χ4v) is 12.2. The third-order valence-electron chi connectivity index (χ3n) is 16.7. The predicted octanol–water partition coefficient (Wildman–Crippen LogP) is 20.1. The van der Waals surface area contributed by atoms with E-state index in [2.05, 4.69) is 55.4 Å². The van der Waals surface area contributed by atoms with E-state index in [-0.39, 0.29) is 25.7 Å². The monoisotopic (exact) mass is 1320 g/mol. The highest BCUT2D eigenvalue weighted by Gasteiger charge is 2.30. The van der Waals surface area contributed by atoms with E-state index in [4.69, 9.17) is 37.0 Å². The number of aliphatic hydroxyl groups is 1. The second kappa shape index (κ2) is 60.7. The van der Waals surface area contributed by atoms with Crippen molar-refractivity contribution in [3.63, 3.8) is 0 Å². The van der Waals surface area contributed by atoms with E-state index in [0.29, 0.717) is 25.7 Å². The molecule has 0 amide bonds. The highest BCUT2D eigenvalue weighted by molar-refractivity contribution is 7.47. The normalized spacial score (nSPS) is 14.6. The average Bonchev–Trinajstić information content (AvgIpc) is 3.62. The van der Waals surface area contributed by atoms with Crippen LogP contribution in [0.1, 0.15) is 351 Å². The van der Waals surface area contributed by atoms with Crippen molar-refractivity contribution in [2.75, 3.05) is 39.6 Å². The summed E-state index contributed by atoms with van der Waals surface area (Å²) in [7, 11) is -9.90. The Morgan fingerprint density at radius 3 is 0.789 bits per heavy atom. The number of carbonyl (C=O) groups excluding carboxylic acids is 4. The van der Waals surface area contributed by atoms with E-state index in [0.717, 1.165) is 114 Å². The van der Waals surface area contributed by atoms with Crippen LogP contribution >= 0.6 is 15.6 Å². The molecule has 0 aromatic rings. The standard InChI is InChI=1S/C71H138O17P2/c1-9-64(8)50-42-34-29-30-38-46-54-71(76)88-67(58-82-69(74)52-44-36-27-22-21-25-33-41-49-63(6)7)60-86-90(79,80)84-56-65(72)55-83-89(77,78)85-59-66(57-81-68(73)51-43-35-26-20-16-18-24-32-40-48-62(4)5)87-70(75)53-45-37-28-19-15-13-11-10-12-14-17-23-31-39-47-61(2)3/h61-67,72H,9-60H2,1-8H3,(H,77,78)(H,79,80)/t64?,65?,66-,67-/m1/s1. The molecule has 0 saturated heterocycles. The van der Waals surface area contributed by atoms with Gasteiger partial charge in [0.25, 0.3) is 0 Å². The number of hydrogen-bond acceptors (Lipinski definition) is 15. The van der Waals surface area contributed by atoms with Gasteiger partial charge in [0.1, 0.15) is 19.3 Å². The number of phosphoric acid groups is 2. The zero-order valence-corrected chi connectivity index (χ0v) is 60.6. The molecule has 0 aromatic heterocycles. The Balaban J connectivity index is 5.24. The van der Waals surface area contributed by atoms with Gasteiger partial charge in [-0.05, 0) is 49.4 Å². The molecular weight excluding hydrogens is 1190 g/mol. The summed E-state index contributed by atoms with van der Waals surface area (Å²) in [6, 6.07) is 0. The molecule has 6 atom stereocenters. The summed E-state index contributed by atoms with van der Waals surface area (Å²) in [5, 5.41) is 10.6. The minimum absolute atomic E-state index is 0.102. The first kappa shape index (κ1) is 88.1. The first-order valence-electron chi connectivity index (χ1n) is 36.7. The van der Waals surface area contributed by atoms with Crippen molar-refractivity contribution >= 4 is 39.5 Å². The van der Waals surface area contributed by atoms with Crippen LogP contribution in [0.3, 0.4) is 0 Å². The van der Waals surface area contributed by atoms with E-state index in [9.17, 15) is 43.2 Å². The number of carbonyl (C=O) groups is 4. The van der Waals surface area contributed by atoms with E-state index < -0.39 is 97.5 Å². The molecule has 19 heteroatoms. The SMILES string of the molecule is CCC(C)CCCCCCCCC(=O)O[C@H](COC(=O)CCCCCCCCCCC(C)C)COP(=O)(O)OCC(O)COP(=O)(O)OC[C@@H](COC(=O)CCCCCCCCCCCC(C)C)OC(=O)CCCCCCCCCCCCCCCCC(C)C. The molecule has 0 bridgehead atoms. The van der Waals surface area contributed by atoms with Crippen LogP contribution in [0.15, 0.2) is 0 Å². The van der Waals surface area contributed by atoms with Crippen molar-refractivity contribution in [3.05, 3.63) is 0 Å². The number of esters is 4.